The molecule has 0 spiro atoms. The standard InChI is InChI=1S/C48H60ClF3N10O4/c1-9-32-11-28-15-36(65-38(28)18-53-32)40-27(8)56-47(55-22-48(50,51)52)60-44(40)58-35-14-31(21-64)42(26(35)7)62-19-39-29(12-33(62)10-2)16-37(66-39)41-43(49)59-46(54-17-23(3)4)61-45(41)57-34-13-30(20-63)24(5)25(34)6/h11-12,15-16,18-19,23-26,30-31,34-35,42,63-64H,9-10,13-14,17,20-22H2,1-8H3,(H3,53,54,55,56,57,58,60,61)/p+1. The van der Waals surface area contributed by atoms with E-state index in [0.717, 1.165) is 35.0 Å². The van der Waals surface area contributed by atoms with Gasteiger partial charge in [-0.05, 0) is 68.1 Å². The van der Waals surface area contributed by atoms with Crippen molar-refractivity contribution in [2.45, 2.75) is 105 Å². The first kappa shape index (κ1) is 47.2. The Labute approximate surface area is 387 Å². The molecule has 6 N–H and O–H groups in total. The van der Waals surface area contributed by atoms with Gasteiger partial charge in [-0.15, -0.1) is 0 Å². The van der Waals surface area contributed by atoms with Crippen molar-refractivity contribution < 1.29 is 36.8 Å². The quantitative estimate of drug-likeness (QED) is 0.0399. The average Bonchev–Trinajstić information content (AvgIpc) is 4.03. The van der Waals surface area contributed by atoms with Crippen LogP contribution in [0.5, 0.6) is 0 Å². The zero-order chi connectivity index (χ0) is 47.2. The number of alkyl halides is 3. The molecule has 0 bridgehead atoms. The van der Waals surface area contributed by atoms with Crippen molar-refractivity contribution in [1.82, 2.24) is 24.9 Å². The minimum atomic E-state index is -4.48. The molecule has 2 fully saturated rings. The second kappa shape index (κ2) is 19.2. The van der Waals surface area contributed by atoms with Gasteiger partial charge in [-0.2, -0.15) is 27.7 Å². The van der Waals surface area contributed by atoms with Crippen molar-refractivity contribution in [3.63, 3.8) is 0 Å². The third-order valence-electron chi connectivity index (χ3n) is 13.9. The van der Waals surface area contributed by atoms with Crippen LogP contribution in [0.25, 0.3) is 44.6 Å². The van der Waals surface area contributed by atoms with E-state index in [1.54, 1.807) is 13.1 Å². The SMILES string of the molecule is CCc1cc2cc(-c3c(C)nc(NCC(F)(F)F)nc3NC3CC(CO)C([n+]4cc5oc(-c6c(Cl)nc(NCC(C)C)nc6NC6CC(CO)C(C)C6C)cc5cc4CC)C3C)oc2cn1. The first-order chi connectivity index (χ1) is 31.5. The van der Waals surface area contributed by atoms with Gasteiger partial charge in [0.15, 0.2) is 22.9 Å². The summed E-state index contributed by atoms with van der Waals surface area (Å²) in [6.07, 6.45) is 1.91. The van der Waals surface area contributed by atoms with Crippen molar-refractivity contribution in [2.24, 2.45) is 35.5 Å². The summed E-state index contributed by atoms with van der Waals surface area (Å²) < 4.78 is 55.3. The third kappa shape index (κ3) is 9.61. The van der Waals surface area contributed by atoms with E-state index in [4.69, 9.17) is 25.4 Å². The molecule has 0 aliphatic heterocycles. The summed E-state index contributed by atoms with van der Waals surface area (Å²) in [7, 11) is 0. The number of aryl methyl sites for hydroxylation is 3. The van der Waals surface area contributed by atoms with E-state index in [0.29, 0.717) is 88.3 Å². The number of aromatic nitrogens is 6. The topological polar surface area (TPSA) is 183 Å². The van der Waals surface area contributed by atoms with Crippen molar-refractivity contribution in [3.8, 4) is 22.6 Å². The first-order valence-electron chi connectivity index (χ1n) is 23.1. The monoisotopic (exact) mass is 933 g/mol. The minimum absolute atomic E-state index is 0.0361. The molecule has 0 aromatic carbocycles. The third-order valence-corrected chi connectivity index (χ3v) is 14.1. The number of nitrogens with zero attached hydrogens (tertiary/aromatic N) is 6. The van der Waals surface area contributed by atoms with Gasteiger partial charge in [0, 0.05) is 66.0 Å². The van der Waals surface area contributed by atoms with Gasteiger partial charge < -0.3 is 40.3 Å². The largest absolute Gasteiger partial charge is 0.454 e. The Hall–Kier alpha value is -5.26. The van der Waals surface area contributed by atoms with Crippen LogP contribution in [0.15, 0.2) is 45.5 Å². The van der Waals surface area contributed by atoms with Gasteiger partial charge in [-0.1, -0.05) is 60.1 Å². The summed E-state index contributed by atoms with van der Waals surface area (Å²) in [5.41, 5.74) is 4.57. The summed E-state index contributed by atoms with van der Waals surface area (Å²) in [6.45, 7) is 15.9. The van der Waals surface area contributed by atoms with E-state index in [-0.39, 0.29) is 66.1 Å². The maximum atomic E-state index is 13.4. The number of aliphatic hydroxyl groups excluding tert-OH is 2. The van der Waals surface area contributed by atoms with Crippen LogP contribution >= 0.6 is 11.6 Å². The summed E-state index contributed by atoms with van der Waals surface area (Å²) in [5, 5.41) is 36.0. The van der Waals surface area contributed by atoms with Gasteiger partial charge in [-0.25, -0.2) is 9.97 Å². The summed E-state index contributed by atoms with van der Waals surface area (Å²) in [5.74, 6) is 2.82. The highest BCUT2D eigenvalue weighted by molar-refractivity contribution is 6.32. The molecule has 354 valence electrons. The Kier molecular flexibility index (Phi) is 13.7. The Morgan fingerprint density at radius 3 is 2.05 bits per heavy atom. The number of nitrogens with one attached hydrogen (secondary N) is 4. The molecule has 0 radical (unpaired) electrons. The number of furan rings is 2. The van der Waals surface area contributed by atoms with Crippen LogP contribution in [0.1, 0.15) is 84.4 Å². The Morgan fingerprint density at radius 1 is 0.788 bits per heavy atom. The van der Waals surface area contributed by atoms with E-state index in [1.165, 1.54) is 0 Å². The summed E-state index contributed by atoms with van der Waals surface area (Å²) in [4.78, 5) is 23.1. The Bertz CT molecular complexity index is 2690. The van der Waals surface area contributed by atoms with Crippen LogP contribution < -0.4 is 25.8 Å². The number of pyridine rings is 2. The molecule has 6 heterocycles. The van der Waals surface area contributed by atoms with Crippen molar-refractivity contribution in [1.29, 1.82) is 0 Å². The maximum absolute atomic E-state index is 13.4. The normalized spacial score (nSPS) is 23.4. The number of hydrogen-bond donors (Lipinski definition) is 6. The van der Waals surface area contributed by atoms with Gasteiger partial charge in [0.1, 0.15) is 34.9 Å². The fraction of sp³-hybridized carbons (Fsp3) is 0.542. The van der Waals surface area contributed by atoms with E-state index >= 15 is 0 Å². The summed E-state index contributed by atoms with van der Waals surface area (Å²) in [6, 6.07) is 7.44. The minimum Gasteiger partial charge on any atom is -0.454 e. The smallest absolute Gasteiger partial charge is 0.405 e. The summed E-state index contributed by atoms with van der Waals surface area (Å²) >= 11 is 7.05. The fourth-order valence-electron chi connectivity index (χ4n) is 9.99. The highest BCUT2D eigenvalue weighted by Gasteiger charge is 2.48. The van der Waals surface area contributed by atoms with E-state index in [1.807, 2.05) is 31.3 Å². The molecule has 6 aromatic rings. The highest BCUT2D eigenvalue weighted by atomic mass is 35.5. The number of aliphatic hydroxyl groups is 2. The molecule has 18 heteroatoms. The average molecular weight is 935 g/mol. The van der Waals surface area contributed by atoms with E-state index in [2.05, 4.69) is 93.4 Å². The molecule has 2 aliphatic rings. The number of fused-ring (bicyclic) bond motifs is 2. The number of rotatable bonds is 16. The highest BCUT2D eigenvalue weighted by Crippen LogP contribution is 2.44. The molecule has 6 aromatic heterocycles. The predicted octanol–water partition coefficient (Wildman–Crippen LogP) is 9.64. The molecule has 14 nitrogen and oxygen atoms in total. The van der Waals surface area contributed by atoms with Gasteiger partial charge in [0.25, 0.3) is 0 Å². The van der Waals surface area contributed by atoms with Crippen LogP contribution in [0, 0.1) is 42.4 Å². The van der Waals surface area contributed by atoms with Crippen LogP contribution in [-0.4, -0.2) is 79.7 Å². The molecule has 0 saturated heterocycles. The van der Waals surface area contributed by atoms with Crippen LogP contribution in [-0.2, 0) is 12.8 Å². The lowest BCUT2D eigenvalue weighted by atomic mass is 9.92. The van der Waals surface area contributed by atoms with Gasteiger partial charge >= 0.3 is 6.18 Å². The molecule has 2 saturated carbocycles. The zero-order valence-electron chi connectivity index (χ0n) is 38.7. The maximum Gasteiger partial charge on any atom is 0.405 e. The van der Waals surface area contributed by atoms with Crippen molar-refractivity contribution in [2.75, 3.05) is 47.6 Å². The number of anilines is 4. The lowest BCUT2D eigenvalue weighted by Crippen LogP contribution is -2.48. The van der Waals surface area contributed by atoms with Crippen molar-refractivity contribution in [3.05, 3.63) is 58.9 Å². The molecule has 8 atom stereocenters. The zero-order valence-corrected chi connectivity index (χ0v) is 39.5. The van der Waals surface area contributed by atoms with Crippen molar-refractivity contribution >= 4 is 57.1 Å². The fourth-order valence-corrected chi connectivity index (χ4v) is 10.2. The molecule has 0 amide bonds. The molecule has 2 aliphatic carbocycles. The Morgan fingerprint density at radius 2 is 1.41 bits per heavy atom. The molecule has 66 heavy (non-hydrogen) atoms. The first-order valence-corrected chi connectivity index (χ1v) is 23.5. The van der Waals surface area contributed by atoms with Gasteiger partial charge in [-0.3, -0.25) is 4.98 Å². The van der Waals surface area contributed by atoms with E-state index in [9.17, 15) is 23.4 Å². The lowest BCUT2D eigenvalue weighted by molar-refractivity contribution is -0.739. The van der Waals surface area contributed by atoms with Crippen LogP contribution in [0.3, 0.4) is 0 Å². The van der Waals surface area contributed by atoms with Gasteiger partial charge in [0.05, 0.1) is 29.6 Å². The molecule has 8 rings (SSSR count). The predicted molar refractivity (Wildman–Crippen MR) is 251 cm³/mol. The number of hydrogen-bond acceptors (Lipinski definition) is 13. The van der Waals surface area contributed by atoms with Gasteiger partial charge in [0.2, 0.25) is 18.1 Å². The van der Waals surface area contributed by atoms with Crippen LogP contribution in [0.4, 0.5) is 36.7 Å². The number of halogens is 4. The second-order valence-corrected chi connectivity index (χ2v) is 19.1. The molecular formula is C48H61ClF3N10O4+. The Balaban J connectivity index is 1.15. The molecule has 8 unspecified atom stereocenters. The molecular weight excluding hydrogens is 873 g/mol. The second-order valence-electron chi connectivity index (χ2n) is 18.7. The lowest BCUT2D eigenvalue weighted by Gasteiger charge is -2.23. The van der Waals surface area contributed by atoms with E-state index < -0.39 is 12.7 Å². The van der Waals surface area contributed by atoms with Crippen LogP contribution in [0.2, 0.25) is 5.15 Å².